The molecule has 2 aliphatic heterocycles. The van der Waals surface area contributed by atoms with Crippen LogP contribution in [0.1, 0.15) is 15.9 Å². The predicted octanol–water partition coefficient (Wildman–Crippen LogP) is 2.61. The van der Waals surface area contributed by atoms with E-state index in [9.17, 15) is 4.79 Å². The summed E-state index contributed by atoms with van der Waals surface area (Å²) in [5.74, 6) is 0.749. The van der Waals surface area contributed by atoms with Crippen LogP contribution < -0.4 is 5.32 Å². The molecule has 2 fully saturated rings. The van der Waals surface area contributed by atoms with Gasteiger partial charge in [-0.1, -0.05) is 29.8 Å². The SMILES string of the molecule is O=C(NC[C@H]1CO[C@@H]2CN(Cc3ccccc3Cl)C[C@H]12)c1ccncc1. The highest BCUT2D eigenvalue weighted by molar-refractivity contribution is 6.31. The van der Waals surface area contributed by atoms with E-state index in [1.807, 2.05) is 18.2 Å². The molecule has 0 spiro atoms. The van der Waals surface area contributed by atoms with E-state index >= 15 is 0 Å². The monoisotopic (exact) mass is 371 g/mol. The highest BCUT2D eigenvalue weighted by atomic mass is 35.5. The number of hydrogen-bond donors (Lipinski definition) is 1. The van der Waals surface area contributed by atoms with Crippen LogP contribution in [0.5, 0.6) is 0 Å². The molecule has 2 aliphatic rings. The van der Waals surface area contributed by atoms with E-state index in [4.69, 9.17) is 16.3 Å². The van der Waals surface area contributed by atoms with Gasteiger partial charge in [0.25, 0.3) is 5.91 Å². The minimum Gasteiger partial charge on any atom is -0.376 e. The molecular formula is C20H22ClN3O2. The molecule has 0 unspecified atom stereocenters. The van der Waals surface area contributed by atoms with Crippen molar-refractivity contribution in [3.8, 4) is 0 Å². The van der Waals surface area contributed by atoms with Gasteiger partial charge in [-0.15, -0.1) is 0 Å². The smallest absolute Gasteiger partial charge is 0.251 e. The highest BCUT2D eigenvalue weighted by Crippen LogP contribution is 2.34. The van der Waals surface area contributed by atoms with Gasteiger partial charge in [0.2, 0.25) is 0 Å². The molecule has 3 heterocycles. The largest absolute Gasteiger partial charge is 0.376 e. The van der Waals surface area contributed by atoms with Gasteiger partial charge in [-0.3, -0.25) is 14.7 Å². The molecule has 2 saturated heterocycles. The van der Waals surface area contributed by atoms with Crippen LogP contribution in [0.3, 0.4) is 0 Å². The number of hydrogen-bond acceptors (Lipinski definition) is 4. The average Bonchev–Trinajstić information content (AvgIpc) is 3.23. The number of amides is 1. The maximum Gasteiger partial charge on any atom is 0.251 e. The van der Waals surface area contributed by atoms with Gasteiger partial charge in [0, 0.05) is 61.0 Å². The summed E-state index contributed by atoms with van der Waals surface area (Å²) < 4.78 is 5.99. The van der Waals surface area contributed by atoms with Gasteiger partial charge >= 0.3 is 0 Å². The van der Waals surface area contributed by atoms with Crippen molar-refractivity contribution in [1.29, 1.82) is 0 Å². The summed E-state index contributed by atoms with van der Waals surface area (Å²) in [5.41, 5.74) is 1.79. The summed E-state index contributed by atoms with van der Waals surface area (Å²) in [4.78, 5) is 18.6. The Morgan fingerprint density at radius 3 is 2.85 bits per heavy atom. The minimum absolute atomic E-state index is 0.0539. The van der Waals surface area contributed by atoms with Gasteiger partial charge < -0.3 is 10.1 Å². The first-order valence-corrected chi connectivity index (χ1v) is 9.34. The predicted molar refractivity (Wildman–Crippen MR) is 100 cm³/mol. The Bertz CT molecular complexity index is 771. The topological polar surface area (TPSA) is 54.5 Å². The number of benzene rings is 1. The van der Waals surface area contributed by atoms with Crippen LogP contribution in [0, 0.1) is 11.8 Å². The number of rotatable bonds is 5. The molecular weight excluding hydrogens is 350 g/mol. The van der Waals surface area contributed by atoms with Crippen molar-refractivity contribution < 1.29 is 9.53 Å². The number of carbonyl (C=O) groups is 1. The molecule has 5 nitrogen and oxygen atoms in total. The Balaban J connectivity index is 1.32. The zero-order valence-corrected chi connectivity index (χ0v) is 15.2. The summed E-state index contributed by atoms with van der Waals surface area (Å²) in [5, 5.41) is 3.85. The molecule has 0 bridgehead atoms. The van der Waals surface area contributed by atoms with Crippen LogP contribution in [0.4, 0.5) is 0 Å². The molecule has 1 amide bonds. The molecule has 0 aliphatic carbocycles. The number of halogens is 1. The van der Waals surface area contributed by atoms with Crippen LogP contribution in [0.15, 0.2) is 48.8 Å². The Hall–Kier alpha value is -1.95. The second kappa shape index (κ2) is 7.74. The molecule has 3 atom stereocenters. The van der Waals surface area contributed by atoms with Crippen molar-refractivity contribution >= 4 is 17.5 Å². The number of nitrogens with zero attached hydrogens (tertiary/aromatic N) is 2. The minimum atomic E-state index is -0.0539. The van der Waals surface area contributed by atoms with E-state index < -0.39 is 0 Å². The fourth-order valence-corrected chi connectivity index (χ4v) is 4.11. The number of aromatic nitrogens is 1. The highest BCUT2D eigenvalue weighted by Gasteiger charge is 2.43. The summed E-state index contributed by atoms with van der Waals surface area (Å²) in [6.45, 7) is 4.09. The number of ether oxygens (including phenoxy) is 1. The van der Waals surface area contributed by atoms with E-state index in [0.29, 0.717) is 30.6 Å². The molecule has 4 rings (SSSR count). The van der Waals surface area contributed by atoms with Gasteiger partial charge in [0.1, 0.15) is 0 Å². The summed E-state index contributed by atoms with van der Waals surface area (Å²) >= 11 is 6.28. The van der Waals surface area contributed by atoms with Crippen LogP contribution in [0.2, 0.25) is 5.02 Å². The quantitative estimate of drug-likeness (QED) is 0.877. The van der Waals surface area contributed by atoms with Gasteiger partial charge in [-0.05, 0) is 23.8 Å². The third-order valence-electron chi connectivity index (χ3n) is 5.33. The standard InChI is InChI=1S/C20H22ClN3O2/c21-18-4-2-1-3-15(18)10-24-11-17-16(13-26-19(17)12-24)9-23-20(25)14-5-7-22-8-6-14/h1-8,16-17,19H,9-13H2,(H,23,25)/t16-,17+,19+/m0/s1. The molecule has 0 saturated carbocycles. The van der Waals surface area contributed by atoms with Gasteiger partial charge in [-0.25, -0.2) is 0 Å². The van der Waals surface area contributed by atoms with Crippen LogP contribution in [-0.4, -0.2) is 48.1 Å². The van der Waals surface area contributed by atoms with Gasteiger partial charge in [-0.2, -0.15) is 0 Å². The number of fused-ring (bicyclic) bond motifs is 1. The third kappa shape index (κ3) is 3.75. The van der Waals surface area contributed by atoms with Crippen molar-refractivity contribution in [2.24, 2.45) is 11.8 Å². The van der Waals surface area contributed by atoms with Crippen molar-refractivity contribution in [3.05, 3.63) is 64.9 Å². The molecule has 1 N–H and O–H groups in total. The molecule has 0 radical (unpaired) electrons. The molecule has 2 aromatic rings. The normalized spacial score (nSPS) is 25.2. The van der Waals surface area contributed by atoms with Crippen LogP contribution in [-0.2, 0) is 11.3 Å². The molecule has 136 valence electrons. The lowest BCUT2D eigenvalue weighted by molar-refractivity contribution is 0.0903. The number of nitrogens with one attached hydrogen (secondary N) is 1. The van der Waals surface area contributed by atoms with E-state index in [0.717, 1.165) is 30.2 Å². The number of likely N-dealkylation sites (tertiary alicyclic amines) is 1. The average molecular weight is 372 g/mol. The lowest BCUT2D eigenvalue weighted by Gasteiger charge is -2.20. The van der Waals surface area contributed by atoms with Crippen molar-refractivity contribution in [2.45, 2.75) is 12.6 Å². The van der Waals surface area contributed by atoms with E-state index in [2.05, 4.69) is 21.3 Å². The first-order valence-electron chi connectivity index (χ1n) is 8.96. The Kier molecular flexibility index (Phi) is 5.20. The summed E-state index contributed by atoms with van der Waals surface area (Å²) in [7, 11) is 0. The lowest BCUT2D eigenvalue weighted by atomic mass is 9.93. The van der Waals surface area contributed by atoms with Gasteiger partial charge in [0.15, 0.2) is 0 Å². The van der Waals surface area contributed by atoms with Gasteiger partial charge in [0.05, 0.1) is 12.7 Å². The Labute approximate surface area is 158 Å². The molecule has 6 heteroatoms. The maximum atomic E-state index is 12.2. The van der Waals surface area contributed by atoms with Crippen molar-refractivity contribution in [3.63, 3.8) is 0 Å². The second-order valence-electron chi connectivity index (χ2n) is 7.03. The second-order valence-corrected chi connectivity index (χ2v) is 7.43. The van der Waals surface area contributed by atoms with E-state index in [1.165, 1.54) is 0 Å². The molecule has 1 aromatic carbocycles. The van der Waals surface area contributed by atoms with Crippen LogP contribution >= 0.6 is 11.6 Å². The molecule has 1 aromatic heterocycles. The fourth-order valence-electron chi connectivity index (χ4n) is 3.92. The fraction of sp³-hybridized carbons (Fsp3) is 0.400. The van der Waals surface area contributed by atoms with Crippen LogP contribution in [0.25, 0.3) is 0 Å². The first kappa shape index (κ1) is 17.5. The van der Waals surface area contributed by atoms with E-state index in [-0.39, 0.29) is 12.0 Å². The van der Waals surface area contributed by atoms with Crippen molar-refractivity contribution in [2.75, 3.05) is 26.2 Å². The van der Waals surface area contributed by atoms with Crippen molar-refractivity contribution in [1.82, 2.24) is 15.2 Å². The Morgan fingerprint density at radius 2 is 2.04 bits per heavy atom. The maximum absolute atomic E-state index is 12.2. The summed E-state index contributed by atoms with van der Waals surface area (Å²) in [6.07, 6.45) is 3.51. The number of pyridine rings is 1. The number of carbonyl (C=O) groups excluding carboxylic acids is 1. The third-order valence-corrected chi connectivity index (χ3v) is 5.70. The summed E-state index contributed by atoms with van der Waals surface area (Å²) in [6, 6.07) is 11.4. The Morgan fingerprint density at radius 1 is 1.23 bits per heavy atom. The lowest BCUT2D eigenvalue weighted by Crippen LogP contribution is -2.34. The van der Waals surface area contributed by atoms with E-state index in [1.54, 1.807) is 24.5 Å². The first-order chi connectivity index (χ1) is 12.7. The zero-order valence-electron chi connectivity index (χ0n) is 14.5. The zero-order chi connectivity index (χ0) is 17.9. The molecule has 26 heavy (non-hydrogen) atoms.